The third-order valence-corrected chi connectivity index (χ3v) is 6.33. The molecule has 1 aliphatic heterocycles. The van der Waals surface area contributed by atoms with Gasteiger partial charge in [-0.3, -0.25) is 4.79 Å². The van der Waals surface area contributed by atoms with Crippen LogP contribution in [-0.4, -0.2) is 52.2 Å². The fourth-order valence-corrected chi connectivity index (χ4v) is 4.50. The van der Waals surface area contributed by atoms with Gasteiger partial charge in [-0.2, -0.15) is 0 Å². The van der Waals surface area contributed by atoms with Crippen molar-refractivity contribution in [2.45, 2.75) is 90.5 Å². The number of hydrogen-bond donors (Lipinski definition) is 2. The number of nitrogens with one attached hydrogen (secondary N) is 1. The van der Waals surface area contributed by atoms with E-state index in [1.54, 1.807) is 32.9 Å². The summed E-state index contributed by atoms with van der Waals surface area (Å²) < 4.78 is 11.0. The van der Waals surface area contributed by atoms with E-state index in [-0.39, 0.29) is 30.1 Å². The lowest BCUT2D eigenvalue weighted by Crippen LogP contribution is -2.53. The number of rotatable bonds is 7. The Morgan fingerprint density at radius 3 is 2.34 bits per heavy atom. The monoisotopic (exact) mass is 524 g/mol. The van der Waals surface area contributed by atoms with Crippen LogP contribution in [0.4, 0.5) is 4.79 Å². The molecular weight excluding hydrogens is 484 g/mol. The molecule has 3 rings (SSSR count). The van der Waals surface area contributed by atoms with E-state index in [4.69, 9.17) is 9.47 Å². The lowest BCUT2D eigenvalue weighted by molar-refractivity contribution is -0.155. The summed E-state index contributed by atoms with van der Waals surface area (Å²) in [4.78, 5) is 40.9. The molecule has 2 atom stereocenters. The molecule has 1 aliphatic rings. The summed E-state index contributed by atoms with van der Waals surface area (Å²) in [5.41, 5.74) is 1.31. The molecular formula is C30H40N2O6. The fourth-order valence-electron chi connectivity index (χ4n) is 4.50. The van der Waals surface area contributed by atoms with Crippen LogP contribution in [0.25, 0.3) is 0 Å². The van der Waals surface area contributed by atoms with Crippen molar-refractivity contribution in [1.82, 2.24) is 10.2 Å². The first-order chi connectivity index (χ1) is 17.7. The van der Waals surface area contributed by atoms with Crippen molar-refractivity contribution in [3.05, 3.63) is 65.2 Å². The van der Waals surface area contributed by atoms with Crippen molar-refractivity contribution in [2.24, 2.45) is 0 Å². The van der Waals surface area contributed by atoms with Gasteiger partial charge in [0.25, 0.3) is 0 Å². The van der Waals surface area contributed by atoms with E-state index >= 15 is 0 Å². The first-order valence-electron chi connectivity index (χ1n) is 13.1. The molecule has 0 saturated carbocycles. The number of carbonyl (C=O) groups is 3. The molecule has 0 radical (unpaired) electrons. The maximum atomic E-state index is 13.8. The van der Waals surface area contributed by atoms with Crippen LogP contribution in [0.5, 0.6) is 5.75 Å². The van der Waals surface area contributed by atoms with E-state index in [1.165, 1.54) is 4.90 Å². The second kappa shape index (κ2) is 11.9. The predicted molar refractivity (Wildman–Crippen MR) is 145 cm³/mol. The Bertz CT molecular complexity index is 1130. The first-order valence-corrected chi connectivity index (χ1v) is 13.1. The van der Waals surface area contributed by atoms with Crippen molar-refractivity contribution < 1.29 is 29.0 Å². The van der Waals surface area contributed by atoms with E-state index < -0.39 is 29.7 Å². The predicted octanol–water partition coefficient (Wildman–Crippen LogP) is 4.86. The number of likely N-dealkylation sites (tertiary alicyclic amines) is 1. The average molecular weight is 525 g/mol. The number of aromatic hydroxyl groups is 1. The highest BCUT2D eigenvalue weighted by atomic mass is 16.6. The summed E-state index contributed by atoms with van der Waals surface area (Å²) in [5, 5.41) is 13.1. The van der Waals surface area contributed by atoms with Gasteiger partial charge in [-0.05, 0) is 61.8 Å². The topological polar surface area (TPSA) is 105 Å². The minimum Gasteiger partial charge on any atom is -0.508 e. The maximum Gasteiger partial charge on any atom is 0.408 e. The van der Waals surface area contributed by atoms with E-state index in [0.717, 1.165) is 16.7 Å². The molecule has 2 amide bonds. The van der Waals surface area contributed by atoms with Crippen molar-refractivity contribution >= 4 is 18.0 Å². The Morgan fingerprint density at radius 2 is 1.71 bits per heavy atom. The van der Waals surface area contributed by atoms with E-state index in [9.17, 15) is 19.5 Å². The summed E-state index contributed by atoms with van der Waals surface area (Å²) in [5.74, 6) is -0.666. The van der Waals surface area contributed by atoms with Gasteiger partial charge in [0.2, 0.25) is 5.91 Å². The third kappa shape index (κ3) is 7.97. The molecule has 2 N–H and O–H groups in total. The molecule has 8 heteroatoms. The number of esters is 1. The van der Waals surface area contributed by atoms with Crippen molar-refractivity contribution in [2.75, 3.05) is 6.54 Å². The Balaban J connectivity index is 1.81. The molecule has 206 valence electrons. The zero-order valence-corrected chi connectivity index (χ0v) is 23.2. The van der Waals surface area contributed by atoms with Crippen molar-refractivity contribution in [3.63, 3.8) is 0 Å². The minimum atomic E-state index is -0.968. The zero-order chi connectivity index (χ0) is 28.1. The van der Waals surface area contributed by atoms with Gasteiger partial charge in [-0.15, -0.1) is 0 Å². The molecule has 0 spiro atoms. The molecule has 1 saturated heterocycles. The van der Waals surface area contributed by atoms with Crippen LogP contribution < -0.4 is 5.32 Å². The summed E-state index contributed by atoms with van der Waals surface area (Å²) in [6.07, 6.45) is 0.604. The lowest BCUT2D eigenvalue weighted by atomic mass is 9.84. The number of amides is 2. The van der Waals surface area contributed by atoms with E-state index in [2.05, 4.69) is 5.32 Å². The smallest absolute Gasteiger partial charge is 0.408 e. The lowest BCUT2D eigenvalue weighted by Gasteiger charge is -2.29. The van der Waals surface area contributed by atoms with Gasteiger partial charge >= 0.3 is 12.1 Å². The van der Waals surface area contributed by atoms with Gasteiger partial charge in [-0.25, -0.2) is 9.59 Å². The van der Waals surface area contributed by atoms with Crippen molar-refractivity contribution in [3.8, 4) is 5.75 Å². The number of nitrogens with zero attached hydrogens (tertiary/aromatic N) is 1. The highest BCUT2D eigenvalue weighted by Gasteiger charge is 2.39. The Kier molecular flexibility index (Phi) is 9.07. The first kappa shape index (κ1) is 29.0. The number of ether oxygens (including phenoxy) is 2. The molecule has 0 bridgehead atoms. The molecule has 8 nitrogen and oxygen atoms in total. The van der Waals surface area contributed by atoms with Crippen LogP contribution >= 0.6 is 0 Å². The highest BCUT2D eigenvalue weighted by Crippen LogP contribution is 2.32. The molecule has 2 aromatic carbocycles. The van der Waals surface area contributed by atoms with Gasteiger partial charge in [0.1, 0.15) is 30.0 Å². The quantitative estimate of drug-likeness (QED) is 0.501. The minimum absolute atomic E-state index is 0.126. The van der Waals surface area contributed by atoms with Gasteiger partial charge in [0.05, 0.1) is 0 Å². The van der Waals surface area contributed by atoms with Crippen LogP contribution in [0, 0.1) is 0 Å². The summed E-state index contributed by atoms with van der Waals surface area (Å²) in [6, 6.07) is 12.9. The van der Waals surface area contributed by atoms with Crippen LogP contribution in [0.1, 0.15) is 71.1 Å². The molecule has 0 unspecified atom stereocenters. The van der Waals surface area contributed by atoms with E-state index in [1.807, 2.05) is 57.2 Å². The molecule has 2 aromatic rings. The zero-order valence-electron chi connectivity index (χ0n) is 23.2. The van der Waals surface area contributed by atoms with Crippen LogP contribution in [0.3, 0.4) is 0 Å². The molecule has 1 heterocycles. The van der Waals surface area contributed by atoms with Gasteiger partial charge in [-0.1, -0.05) is 63.2 Å². The van der Waals surface area contributed by atoms with Crippen LogP contribution in [0.15, 0.2) is 48.5 Å². The molecule has 1 fully saturated rings. The summed E-state index contributed by atoms with van der Waals surface area (Å²) in [6.45, 7) is 11.7. The number of phenolic OH excluding ortho intramolecular Hbond substituents is 1. The summed E-state index contributed by atoms with van der Waals surface area (Å²) in [7, 11) is 0. The van der Waals surface area contributed by atoms with Crippen LogP contribution in [0.2, 0.25) is 0 Å². The van der Waals surface area contributed by atoms with Gasteiger partial charge in [0.15, 0.2) is 0 Å². The molecule has 38 heavy (non-hydrogen) atoms. The Labute approximate surface area is 225 Å². The SMILES string of the molecule is CC(C)(C)OC(=O)N[C@@H](Cc1ccc(O)c(C(C)(C)C)c1)C(=O)N1CCC[C@H]1C(=O)OCc1ccccc1. The van der Waals surface area contributed by atoms with Gasteiger partial charge < -0.3 is 24.8 Å². The van der Waals surface area contributed by atoms with Crippen molar-refractivity contribution in [1.29, 1.82) is 0 Å². The molecule has 0 aromatic heterocycles. The Hall–Kier alpha value is -3.55. The number of phenols is 1. The number of carbonyl (C=O) groups excluding carboxylic acids is 3. The second-order valence-electron chi connectivity index (χ2n) is 11.8. The fraction of sp³-hybridized carbons (Fsp3) is 0.500. The normalized spacial score (nSPS) is 16.6. The third-order valence-electron chi connectivity index (χ3n) is 6.33. The second-order valence-corrected chi connectivity index (χ2v) is 11.8. The number of benzene rings is 2. The largest absolute Gasteiger partial charge is 0.508 e. The number of alkyl carbamates (subject to hydrolysis) is 1. The van der Waals surface area contributed by atoms with Crippen LogP contribution in [-0.2, 0) is 37.5 Å². The maximum absolute atomic E-state index is 13.8. The summed E-state index contributed by atoms with van der Waals surface area (Å²) >= 11 is 0. The molecule has 0 aliphatic carbocycles. The standard InChI is InChI=1S/C30H40N2O6/c1-29(2,3)22-17-21(14-15-25(22)33)18-23(31-28(36)38-30(4,5)6)26(34)32-16-10-13-24(32)27(35)37-19-20-11-8-7-9-12-20/h7-9,11-12,14-15,17,23-24,33H,10,13,16,18-19H2,1-6H3,(H,31,36)/t23-,24-/m0/s1. The number of hydrogen-bond acceptors (Lipinski definition) is 6. The Morgan fingerprint density at radius 1 is 1.03 bits per heavy atom. The van der Waals surface area contributed by atoms with Gasteiger partial charge in [0, 0.05) is 13.0 Å². The highest BCUT2D eigenvalue weighted by molar-refractivity contribution is 5.90. The average Bonchev–Trinajstić information content (AvgIpc) is 3.31. The van der Waals surface area contributed by atoms with E-state index in [0.29, 0.717) is 19.4 Å².